The molecule has 0 radical (unpaired) electrons. The number of ether oxygens (including phenoxy) is 1. The van der Waals surface area contributed by atoms with Crippen molar-refractivity contribution in [2.45, 2.75) is 46.1 Å². The van der Waals surface area contributed by atoms with Gasteiger partial charge in [-0.1, -0.05) is 36.8 Å². The van der Waals surface area contributed by atoms with Crippen LogP contribution in [0.15, 0.2) is 24.3 Å². The van der Waals surface area contributed by atoms with Crippen molar-refractivity contribution in [1.29, 1.82) is 0 Å². The molecule has 0 fully saturated rings. The second-order valence-corrected chi connectivity index (χ2v) is 4.40. The minimum atomic E-state index is 0.324. The Hall–Kier alpha value is -0.820. The molecule has 1 aromatic rings. The van der Waals surface area contributed by atoms with E-state index in [1.54, 1.807) is 0 Å². The van der Waals surface area contributed by atoms with E-state index >= 15 is 0 Å². The van der Waals surface area contributed by atoms with Crippen LogP contribution in [-0.4, -0.2) is 12.7 Å². The van der Waals surface area contributed by atoms with Crippen LogP contribution in [0, 0.1) is 6.92 Å². The molecule has 0 amide bonds. The summed E-state index contributed by atoms with van der Waals surface area (Å²) >= 11 is 0. The largest absolute Gasteiger partial charge is 0.378 e. The van der Waals surface area contributed by atoms with Crippen molar-refractivity contribution in [3.8, 4) is 0 Å². The van der Waals surface area contributed by atoms with Crippen molar-refractivity contribution in [1.82, 2.24) is 0 Å². The van der Waals surface area contributed by atoms with Gasteiger partial charge in [-0.15, -0.1) is 0 Å². The Morgan fingerprint density at radius 3 is 2.20 bits per heavy atom. The maximum atomic E-state index is 5.68. The van der Waals surface area contributed by atoms with Gasteiger partial charge in [0.25, 0.3) is 0 Å². The van der Waals surface area contributed by atoms with Gasteiger partial charge in [0.15, 0.2) is 0 Å². The van der Waals surface area contributed by atoms with E-state index in [-0.39, 0.29) is 0 Å². The number of hydrogen-bond donors (Lipinski definition) is 0. The molecule has 84 valence electrons. The van der Waals surface area contributed by atoms with Crippen LogP contribution in [0.25, 0.3) is 0 Å². The third-order valence-electron chi connectivity index (χ3n) is 2.67. The van der Waals surface area contributed by atoms with E-state index in [4.69, 9.17) is 4.74 Å². The van der Waals surface area contributed by atoms with Gasteiger partial charge < -0.3 is 4.74 Å². The molecule has 1 unspecified atom stereocenters. The zero-order chi connectivity index (χ0) is 11.3. The highest BCUT2D eigenvalue weighted by Gasteiger charge is 2.09. The van der Waals surface area contributed by atoms with E-state index in [1.165, 1.54) is 11.1 Å². The minimum Gasteiger partial charge on any atom is -0.378 e. The second-order valence-electron chi connectivity index (χ2n) is 4.40. The highest BCUT2D eigenvalue weighted by Crippen LogP contribution is 2.20. The fourth-order valence-electron chi connectivity index (χ4n) is 1.60. The summed E-state index contributed by atoms with van der Waals surface area (Å²) in [4.78, 5) is 0. The van der Waals surface area contributed by atoms with Crippen molar-refractivity contribution in [3.63, 3.8) is 0 Å². The smallest absolute Gasteiger partial charge is 0.0538 e. The first-order valence-corrected chi connectivity index (χ1v) is 5.81. The Morgan fingerprint density at radius 2 is 1.73 bits per heavy atom. The highest BCUT2D eigenvalue weighted by molar-refractivity contribution is 5.24. The lowest BCUT2D eigenvalue weighted by molar-refractivity contribution is 0.0666. The molecule has 0 aliphatic carbocycles. The Kier molecular flexibility index (Phi) is 4.83. The molecule has 0 saturated carbocycles. The SMILES string of the molecule is CCC(COC(C)C)c1ccc(C)cc1. The Labute approximate surface area is 93.5 Å². The van der Waals surface area contributed by atoms with E-state index in [0.29, 0.717) is 12.0 Å². The number of rotatable bonds is 5. The van der Waals surface area contributed by atoms with Gasteiger partial charge in [-0.3, -0.25) is 0 Å². The molecule has 0 aliphatic heterocycles. The fourth-order valence-corrected chi connectivity index (χ4v) is 1.60. The van der Waals surface area contributed by atoms with Crippen LogP contribution in [0.3, 0.4) is 0 Å². The normalized spacial score (nSPS) is 13.1. The van der Waals surface area contributed by atoms with Crippen LogP contribution in [-0.2, 0) is 4.74 Å². The summed E-state index contributed by atoms with van der Waals surface area (Å²) in [6.45, 7) is 9.34. The predicted molar refractivity (Wildman–Crippen MR) is 65.3 cm³/mol. The first kappa shape index (κ1) is 12.3. The van der Waals surface area contributed by atoms with Gasteiger partial charge in [0.05, 0.1) is 12.7 Å². The van der Waals surface area contributed by atoms with Crippen LogP contribution in [0.2, 0.25) is 0 Å². The number of aryl methyl sites for hydroxylation is 1. The molecule has 0 aromatic heterocycles. The van der Waals surface area contributed by atoms with Gasteiger partial charge >= 0.3 is 0 Å². The molecular formula is C14H22O. The van der Waals surface area contributed by atoms with Crippen molar-refractivity contribution in [3.05, 3.63) is 35.4 Å². The maximum absolute atomic E-state index is 5.68. The van der Waals surface area contributed by atoms with Gasteiger partial charge in [-0.05, 0) is 32.8 Å². The third kappa shape index (κ3) is 4.05. The predicted octanol–water partition coefficient (Wildman–Crippen LogP) is 3.91. The number of hydrogen-bond acceptors (Lipinski definition) is 1. The van der Waals surface area contributed by atoms with Crippen LogP contribution in [0.1, 0.15) is 44.2 Å². The van der Waals surface area contributed by atoms with Crippen molar-refractivity contribution in [2.75, 3.05) is 6.61 Å². The first-order valence-electron chi connectivity index (χ1n) is 5.81. The summed E-state index contributed by atoms with van der Waals surface area (Å²) in [5, 5.41) is 0. The third-order valence-corrected chi connectivity index (χ3v) is 2.67. The summed E-state index contributed by atoms with van der Waals surface area (Å²) in [5.41, 5.74) is 2.71. The van der Waals surface area contributed by atoms with E-state index < -0.39 is 0 Å². The molecule has 0 N–H and O–H groups in total. The van der Waals surface area contributed by atoms with Crippen LogP contribution in [0.4, 0.5) is 0 Å². The van der Waals surface area contributed by atoms with Gasteiger partial charge in [-0.25, -0.2) is 0 Å². The van der Waals surface area contributed by atoms with E-state index in [9.17, 15) is 0 Å². The monoisotopic (exact) mass is 206 g/mol. The lowest BCUT2D eigenvalue weighted by atomic mass is 9.96. The maximum Gasteiger partial charge on any atom is 0.0538 e. The summed E-state index contributed by atoms with van der Waals surface area (Å²) in [5.74, 6) is 0.535. The topological polar surface area (TPSA) is 9.23 Å². The first-order chi connectivity index (χ1) is 7.13. The molecule has 0 bridgehead atoms. The van der Waals surface area contributed by atoms with Crippen LogP contribution < -0.4 is 0 Å². The van der Waals surface area contributed by atoms with Gasteiger partial charge in [0.1, 0.15) is 0 Å². The molecule has 1 rings (SSSR count). The fraction of sp³-hybridized carbons (Fsp3) is 0.571. The summed E-state index contributed by atoms with van der Waals surface area (Å²) in [6, 6.07) is 8.78. The number of benzene rings is 1. The van der Waals surface area contributed by atoms with E-state index in [2.05, 4.69) is 52.0 Å². The molecule has 0 saturated heterocycles. The molecule has 0 aliphatic rings. The summed E-state index contributed by atoms with van der Waals surface area (Å²) in [7, 11) is 0. The van der Waals surface area contributed by atoms with Gasteiger partial charge in [0, 0.05) is 5.92 Å². The van der Waals surface area contributed by atoms with Crippen molar-refractivity contribution >= 4 is 0 Å². The van der Waals surface area contributed by atoms with E-state index in [1.807, 2.05) is 0 Å². The molecular weight excluding hydrogens is 184 g/mol. The Morgan fingerprint density at radius 1 is 1.13 bits per heavy atom. The average Bonchev–Trinajstić information content (AvgIpc) is 2.21. The molecule has 0 heterocycles. The van der Waals surface area contributed by atoms with Gasteiger partial charge in [0.2, 0.25) is 0 Å². The molecule has 0 spiro atoms. The second kappa shape index (κ2) is 5.92. The zero-order valence-electron chi connectivity index (χ0n) is 10.3. The summed E-state index contributed by atoms with van der Waals surface area (Å²) in [6.07, 6.45) is 1.46. The zero-order valence-corrected chi connectivity index (χ0v) is 10.3. The van der Waals surface area contributed by atoms with Crippen molar-refractivity contribution < 1.29 is 4.74 Å². The highest BCUT2D eigenvalue weighted by atomic mass is 16.5. The minimum absolute atomic E-state index is 0.324. The molecule has 1 nitrogen and oxygen atoms in total. The van der Waals surface area contributed by atoms with E-state index in [0.717, 1.165) is 13.0 Å². The Balaban J connectivity index is 2.61. The quantitative estimate of drug-likeness (QED) is 0.709. The molecule has 1 atom stereocenters. The lowest BCUT2D eigenvalue weighted by Gasteiger charge is -2.17. The van der Waals surface area contributed by atoms with Crippen LogP contribution in [0.5, 0.6) is 0 Å². The standard InChI is InChI=1S/C14H22O/c1-5-13(10-15-11(2)3)14-8-6-12(4)7-9-14/h6-9,11,13H,5,10H2,1-4H3. The van der Waals surface area contributed by atoms with Crippen LogP contribution >= 0.6 is 0 Å². The molecule has 15 heavy (non-hydrogen) atoms. The van der Waals surface area contributed by atoms with Crippen molar-refractivity contribution in [2.24, 2.45) is 0 Å². The Bertz CT molecular complexity index is 274. The molecule has 1 aromatic carbocycles. The lowest BCUT2D eigenvalue weighted by Crippen LogP contribution is -2.11. The molecule has 1 heteroatoms. The summed E-state index contributed by atoms with van der Waals surface area (Å²) < 4.78 is 5.68. The average molecular weight is 206 g/mol. The van der Waals surface area contributed by atoms with Gasteiger partial charge in [-0.2, -0.15) is 0 Å².